The Morgan fingerprint density at radius 2 is 2.19 bits per heavy atom. The van der Waals surface area contributed by atoms with Crippen molar-refractivity contribution in [1.82, 2.24) is 4.98 Å². The minimum absolute atomic E-state index is 0.0855. The summed E-state index contributed by atoms with van der Waals surface area (Å²) in [5.41, 5.74) is 6.32. The van der Waals surface area contributed by atoms with Gasteiger partial charge in [0, 0.05) is 18.4 Å². The van der Waals surface area contributed by atoms with Gasteiger partial charge in [0.2, 0.25) is 0 Å². The second-order valence-corrected chi connectivity index (χ2v) is 4.53. The predicted octanol–water partition coefficient (Wildman–Crippen LogP) is 2.53. The molecule has 2 aromatic rings. The number of hydrogen-bond donors (Lipinski definition) is 2. The van der Waals surface area contributed by atoms with Crippen LogP contribution in [0.5, 0.6) is 0 Å². The molecule has 0 bridgehead atoms. The van der Waals surface area contributed by atoms with Crippen LogP contribution in [0.4, 0.5) is 15.8 Å². The summed E-state index contributed by atoms with van der Waals surface area (Å²) in [6.45, 7) is 2.76. The maximum atomic E-state index is 14.1. The molecular formula is C15H16FN3O2. The molecule has 0 atom stereocenters. The summed E-state index contributed by atoms with van der Waals surface area (Å²) in [6, 6.07) is 7.78. The monoisotopic (exact) mass is 289 g/mol. The number of hydrogen-bond acceptors (Lipinski definition) is 4. The lowest BCUT2D eigenvalue weighted by Crippen LogP contribution is -2.24. The largest absolute Gasteiger partial charge is 0.478 e. The molecular weight excluding hydrogens is 273 g/mol. The SMILES string of the molecule is CCN(Cc1ccccn1)c1cc(C(=O)O)c(N)cc1F. The summed E-state index contributed by atoms with van der Waals surface area (Å²) >= 11 is 0. The summed E-state index contributed by atoms with van der Waals surface area (Å²) in [7, 11) is 0. The molecule has 6 heteroatoms. The molecule has 1 heterocycles. The first-order valence-corrected chi connectivity index (χ1v) is 6.50. The molecule has 0 unspecified atom stereocenters. The molecule has 0 aliphatic rings. The predicted molar refractivity (Wildman–Crippen MR) is 78.7 cm³/mol. The molecule has 0 fully saturated rings. The van der Waals surface area contributed by atoms with Crippen LogP contribution in [0.25, 0.3) is 0 Å². The number of nitrogens with two attached hydrogens (primary N) is 1. The summed E-state index contributed by atoms with van der Waals surface area (Å²) in [4.78, 5) is 17.0. The van der Waals surface area contributed by atoms with Crippen LogP contribution in [-0.4, -0.2) is 22.6 Å². The number of rotatable bonds is 5. The van der Waals surface area contributed by atoms with E-state index in [-0.39, 0.29) is 16.9 Å². The smallest absolute Gasteiger partial charge is 0.337 e. The Morgan fingerprint density at radius 1 is 1.43 bits per heavy atom. The summed E-state index contributed by atoms with van der Waals surface area (Å²) in [5, 5.41) is 9.09. The van der Waals surface area contributed by atoms with Crippen molar-refractivity contribution >= 4 is 17.3 Å². The second kappa shape index (κ2) is 6.21. The van der Waals surface area contributed by atoms with Gasteiger partial charge in [-0.15, -0.1) is 0 Å². The topological polar surface area (TPSA) is 79.5 Å². The van der Waals surface area contributed by atoms with Crippen LogP contribution in [0, 0.1) is 5.82 Å². The highest BCUT2D eigenvalue weighted by Crippen LogP contribution is 2.26. The van der Waals surface area contributed by atoms with Crippen LogP contribution in [0.1, 0.15) is 23.0 Å². The number of carbonyl (C=O) groups is 1. The number of halogens is 1. The van der Waals surface area contributed by atoms with Crippen molar-refractivity contribution in [2.24, 2.45) is 0 Å². The van der Waals surface area contributed by atoms with E-state index < -0.39 is 11.8 Å². The number of aromatic nitrogens is 1. The van der Waals surface area contributed by atoms with Crippen LogP contribution in [0.3, 0.4) is 0 Å². The maximum Gasteiger partial charge on any atom is 0.337 e. The third-order valence-corrected chi connectivity index (χ3v) is 3.15. The van der Waals surface area contributed by atoms with E-state index in [4.69, 9.17) is 10.8 Å². The number of carboxylic acids is 1. The fourth-order valence-corrected chi connectivity index (χ4v) is 2.06. The molecule has 0 saturated heterocycles. The normalized spacial score (nSPS) is 10.4. The van der Waals surface area contributed by atoms with Crippen molar-refractivity contribution < 1.29 is 14.3 Å². The number of benzene rings is 1. The Morgan fingerprint density at radius 3 is 2.76 bits per heavy atom. The molecule has 110 valence electrons. The number of carboxylic acid groups (broad SMARTS) is 1. The minimum Gasteiger partial charge on any atom is -0.478 e. The standard InChI is InChI=1S/C15H16FN3O2/c1-2-19(9-10-5-3-4-6-18-10)14-7-11(15(20)21)13(17)8-12(14)16/h3-8H,2,9,17H2,1H3,(H,20,21). The van der Waals surface area contributed by atoms with E-state index in [1.807, 2.05) is 19.1 Å². The lowest BCUT2D eigenvalue weighted by molar-refractivity contribution is 0.0698. The van der Waals surface area contributed by atoms with E-state index in [0.717, 1.165) is 11.8 Å². The number of nitrogen functional groups attached to an aromatic ring is 1. The van der Waals surface area contributed by atoms with Gasteiger partial charge >= 0.3 is 5.97 Å². The summed E-state index contributed by atoms with van der Waals surface area (Å²) < 4.78 is 14.1. The number of pyridine rings is 1. The Kier molecular flexibility index (Phi) is 4.37. The second-order valence-electron chi connectivity index (χ2n) is 4.53. The van der Waals surface area contributed by atoms with Gasteiger partial charge in [0.15, 0.2) is 0 Å². The van der Waals surface area contributed by atoms with E-state index in [1.54, 1.807) is 17.2 Å². The van der Waals surface area contributed by atoms with Gasteiger partial charge in [-0.3, -0.25) is 4.98 Å². The van der Waals surface area contributed by atoms with Crippen molar-refractivity contribution in [3.8, 4) is 0 Å². The molecule has 1 aromatic heterocycles. The molecule has 0 saturated carbocycles. The molecule has 1 aromatic carbocycles. The average Bonchev–Trinajstić information content (AvgIpc) is 2.46. The minimum atomic E-state index is -1.18. The van der Waals surface area contributed by atoms with Gasteiger partial charge in [0.25, 0.3) is 0 Å². The zero-order valence-electron chi connectivity index (χ0n) is 11.6. The van der Waals surface area contributed by atoms with Crippen molar-refractivity contribution in [3.05, 3.63) is 53.6 Å². The van der Waals surface area contributed by atoms with Gasteiger partial charge in [-0.05, 0) is 31.2 Å². The molecule has 0 aliphatic heterocycles. The number of anilines is 2. The highest BCUT2D eigenvalue weighted by molar-refractivity contribution is 5.95. The summed E-state index contributed by atoms with van der Waals surface area (Å²) in [5.74, 6) is -1.72. The first-order chi connectivity index (χ1) is 10.0. The Hall–Kier alpha value is -2.63. The van der Waals surface area contributed by atoms with E-state index >= 15 is 0 Å². The van der Waals surface area contributed by atoms with Crippen LogP contribution in [0.15, 0.2) is 36.5 Å². The van der Waals surface area contributed by atoms with E-state index in [9.17, 15) is 9.18 Å². The molecule has 0 aliphatic carbocycles. The fourth-order valence-electron chi connectivity index (χ4n) is 2.06. The maximum absolute atomic E-state index is 14.1. The van der Waals surface area contributed by atoms with Gasteiger partial charge in [-0.2, -0.15) is 0 Å². The van der Waals surface area contributed by atoms with E-state index in [2.05, 4.69) is 4.98 Å². The lowest BCUT2D eigenvalue weighted by atomic mass is 10.1. The first-order valence-electron chi connectivity index (χ1n) is 6.50. The Bertz CT molecular complexity index is 647. The third-order valence-electron chi connectivity index (χ3n) is 3.15. The zero-order valence-corrected chi connectivity index (χ0v) is 11.6. The van der Waals surface area contributed by atoms with Gasteiger partial charge in [-0.25, -0.2) is 9.18 Å². The Labute approximate surface area is 121 Å². The van der Waals surface area contributed by atoms with Crippen LogP contribution in [0.2, 0.25) is 0 Å². The van der Waals surface area contributed by atoms with Crippen molar-refractivity contribution in [3.63, 3.8) is 0 Å². The van der Waals surface area contributed by atoms with Gasteiger partial charge in [0.05, 0.1) is 23.5 Å². The zero-order chi connectivity index (χ0) is 15.4. The molecule has 2 rings (SSSR count). The van der Waals surface area contributed by atoms with Crippen LogP contribution >= 0.6 is 0 Å². The molecule has 0 radical (unpaired) electrons. The molecule has 3 N–H and O–H groups in total. The average molecular weight is 289 g/mol. The molecule has 21 heavy (non-hydrogen) atoms. The van der Waals surface area contributed by atoms with Crippen molar-refractivity contribution in [2.45, 2.75) is 13.5 Å². The summed E-state index contributed by atoms with van der Waals surface area (Å²) in [6.07, 6.45) is 1.66. The van der Waals surface area contributed by atoms with E-state index in [1.165, 1.54) is 6.07 Å². The van der Waals surface area contributed by atoms with Gasteiger partial charge in [-0.1, -0.05) is 6.07 Å². The number of nitrogens with zero attached hydrogens (tertiary/aromatic N) is 2. The molecule has 0 spiro atoms. The van der Waals surface area contributed by atoms with E-state index in [0.29, 0.717) is 13.1 Å². The highest BCUT2D eigenvalue weighted by atomic mass is 19.1. The fraction of sp³-hybridized carbons (Fsp3) is 0.200. The van der Waals surface area contributed by atoms with Crippen LogP contribution < -0.4 is 10.6 Å². The van der Waals surface area contributed by atoms with Gasteiger partial charge < -0.3 is 15.7 Å². The van der Waals surface area contributed by atoms with Crippen LogP contribution in [-0.2, 0) is 6.54 Å². The highest BCUT2D eigenvalue weighted by Gasteiger charge is 2.17. The Balaban J connectivity index is 2.38. The first kappa shape index (κ1) is 14.8. The molecule has 0 amide bonds. The van der Waals surface area contributed by atoms with Gasteiger partial charge in [0.1, 0.15) is 5.82 Å². The quantitative estimate of drug-likeness (QED) is 0.827. The third kappa shape index (κ3) is 3.28. The van der Waals surface area contributed by atoms with Crippen molar-refractivity contribution in [1.29, 1.82) is 0 Å². The number of aromatic carboxylic acids is 1. The molecule has 5 nitrogen and oxygen atoms in total. The lowest BCUT2D eigenvalue weighted by Gasteiger charge is -2.24. The van der Waals surface area contributed by atoms with Crippen molar-refractivity contribution in [2.75, 3.05) is 17.2 Å².